The fraction of sp³-hybridized carbons (Fsp3) is 0.333. The van der Waals surface area contributed by atoms with Gasteiger partial charge in [0.25, 0.3) is 0 Å². The molecular formula is C15H19ClN4OS. The summed E-state index contributed by atoms with van der Waals surface area (Å²) in [5.74, 6) is 0.998. The summed E-state index contributed by atoms with van der Waals surface area (Å²) in [4.78, 5) is 8.72. The zero-order valence-corrected chi connectivity index (χ0v) is 14.2. The largest absolute Gasteiger partial charge is 0.495 e. The van der Waals surface area contributed by atoms with Crippen molar-refractivity contribution in [2.75, 3.05) is 19.0 Å². The summed E-state index contributed by atoms with van der Waals surface area (Å²) in [6, 6.07) is 5.37. The van der Waals surface area contributed by atoms with E-state index < -0.39 is 0 Å². The molecule has 5 nitrogen and oxygen atoms in total. The smallest absolute Gasteiger partial charge is 0.193 e. The molecule has 1 aromatic heterocycles. The number of rotatable bonds is 6. The number of guanidine groups is 1. The van der Waals surface area contributed by atoms with Crippen molar-refractivity contribution in [2.45, 2.75) is 19.8 Å². The minimum Gasteiger partial charge on any atom is -0.495 e. The van der Waals surface area contributed by atoms with Crippen LogP contribution in [-0.2, 0) is 6.42 Å². The Labute approximate surface area is 139 Å². The molecule has 0 saturated carbocycles. The van der Waals surface area contributed by atoms with Crippen LogP contribution in [0, 0.1) is 6.92 Å². The summed E-state index contributed by atoms with van der Waals surface area (Å²) in [7, 11) is 1.58. The number of thiazole rings is 1. The predicted molar refractivity (Wildman–Crippen MR) is 93.3 cm³/mol. The van der Waals surface area contributed by atoms with Gasteiger partial charge in [-0.3, -0.25) is 4.99 Å². The molecule has 0 unspecified atom stereocenters. The molecule has 0 amide bonds. The van der Waals surface area contributed by atoms with Crippen LogP contribution in [0.1, 0.15) is 17.1 Å². The van der Waals surface area contributed by atoms with E-state index in [0.29, 0.717) is 23.3 Å². The van der Waals surface area contributed by atoms with E-state index >= 15 is 0 Å². The maximum Gasteiger partial charge on any atom is 0.193 e. The SMILES string of the molecule is COc1ccc(NC(N)=NCCCc2nc(C)cs2)cc1Cl. The lowest BCUT2D eigenvalue weighted by Crippen LogP contribution is -2.22. The zero-order chi connectivity index (χ0) is 15.9. The van der Waals surface area contributed by atoms with E-state index in [-0.39, 0.29) is 0 Å². The first kappa shape index (κ1) is 16.6. The van der Waals surface area contributed by atoms with Crippen LogP contribution in [0.5, 0.6) is 5.75 Å². The molecule has 0 fully saturated rings. The van der Waals surface area contributed by atoms with Crippen molar-refractivity contribution in [3.63, 3.8) is 0 Å². The molecule has 2 rings (SSSR count). The summed E-state index contributed by atoms with van der Waals surface area (Å²) in [6.07, 6.45) is 1.84. The second-order valence-electron chi connectivity index (χ2n) is 4.73. The number of aliphatic imine (C=N–C) groups is 1. The van der Waals surface area contributed by atoms with Crippen molar-refractivity contribution in [1.29, 1.82) is 0 Å². The Bertz CT molecular complexity index is 657. The number of aromatic nitrogens is 1. The van der Waals surface area contributed by atoms with Gasteiger partial charge in [0.1, 0.15) is 5.75 Å². The van der Waals surface area contributed by atoms with Gasteiger partial charge in [0, 0.05) is 29.7 Å². The lowest BCUT2D eigenvalue weighted by atomic mass is 10.3. The van der Waals surface area contributed by atoms with Gasteiger partial charge in [-0.2, -0.15) is 0 Å². The second-order valence-corrected chi connectivity index (χ2v) is 6.08. The van der Waals surface area contributed by atoms with Crippen LogP contribution in [0.25, 0.3) is 0 Å². The van der Waals surface area contributed by atoms with Gasteiger partial charge in [0.15, 0.2) is 5.96 Å². The molecule has 118 valence electrons. The molecule has 0 aliphatic heterocycles. The van der Waals surface area contributed by atoms with Crippen LogP contribution in [0.4, 0.5) is 5.69 Å². The van der Waals surface area contributed by atoms with Crippen molar-refractivity contribution in [2.24, 2.45) is 10.7 Å². The third-order valence-electron chi connectivity index (χ3n) is 2.92. The van der Waals surface area contributed by atoms with Crippen molar-refractivity contribution in [3.8, 4) is 5.75 Å². The Hall–Kier alpha value is -1.79. The molecule has 0 radical (unpaired) electrons. The molecule has 0 saturated heterocycles. The molecule has 0 bridgehead atoms. The van der Waals surface area contributed by atoms with Crippen molar-refractivity contribution in [1.82, 2.24) is 4.98 Å². The molecular weight excluding hydrogens is 320 g/mol. The highest BCUT2D eigenvalue weighted by Gasteiger charge is 2.03. The molecule has 7 heteroatoms. The average Bonchev–Trinajstić information content (AvgIpc) is 2.89. The fourth-order valence-corrected chi connectivity index (χ4v) is 2.95. The molecule has 1 heterocycles. The lowest BCUT2D eigenvalue weighted by molar-refractivity contribution is 0.415. The molecule has 1 aromatic carbocycles. The number of aryl methyl sites for hydroxylation is 2. The zero-order valence-electron chi connectivity index (χ0n) is 12.6. The van der Waals surface area contributed by atoms with Gasteiger partial charge in [0.2, 0.25) is 0 Å². The standard InChI is InChI=1S/C15H19ClN4OS/c1-10-9-22-14(19-10)4-3-7-18-15(17)20-11-5-6-13(21-2)12(16)8-11/h5-6,8-9H,3-4,7H2,1-2H3,(H3,17,18,20). The highest BCUT2D eigenvalue weighted by Crippen LogP contribution is 2.27. The molecule has 3 N–H and O–H groups in total. The number of nitrogens with two attached hydrogens (primary N) is 1. The maximum atomic E-state index is 6.06. The van der Waals surface area contributed by atoms with E-state index in [2.05, 4.69) is 20.7 Å². The second kappa shape index (κ2) is 8.00. The summed E-state index contributed by atoms with van der Waals surface area (Å²) >= 11 is 7.74. The summed E-state index contributed by atoms with van der Waals surface area (Å²) < 4.78 is 5.10. The minimum absolute atomic E-state index is 0.372. The van der Waals surface area contributed by atoms with E-state index in [1.165, 1.54) is 0 Å². The number of halogens is 1. The fourth-order valence-electron chi connectivity index (χ4n) is 1.88. The van der Waals surface area contributed by atoms with Crippen molar-refractivity contribution < 1.29 is 4.74 Å². The maximum absolute atomic E-state index is 6.06. The number of hydrogen-bond acceptors (Lipinski definition) is 4. The predicted octanol–water partition coefficient (Wildman–Crippen LogP) is 3.47. The van der Waals surface area contributed by atoms with E-state index in [0.717, 1.165) is 29.2 Å². The highest BCUT2D eigenvalue weighted by molar-refractivity contribution is 7.09. The van der Waals surface area contributed by atoms with Gasteiger partial charge >= 0.3 is 0 Å². The van der Waals surface area contributed by atoms with Gasteiger partial charge in [-0.15, -0.1) is 11.3 Å². The van der Waals surface area contributed by atoms with Crippen molar-refractivity contribution >= 4 is 34.6 Å². The van der Waals surface area contributed by atoms with E-state index in [1.807, 2.05) is 13.0 Å². The monoisotopic (exact) mass is 338 g/mol. The van der Waals surface area contributed by atoms with Crippen LogP contribution < -0.4 is 15.8 Å². The number of methoxy groups -OCH3 is 1. The normalized spacial score (nSPS) is 11.5. The third kappa shape index (κ3) is 4.89. The van der Waals surface area contributed by atoms with E-state index in [9.17, 15) is 0 Å². The summed E-state index contributed by atoms with van der Waals surface area (Å²) in [5.41, 5.74) is 7.71. The summed E-state index contributed by atoms with van der Waals surface area (Å²) in [6.45, 7) is 2.65. The van der Waals surface area contributed by atoms with Crippen LogP contribution in [-0.4, -0.2) is 24.6 Å². The van der Waals surface area contributed by atoms with Crippen LogP contribution in [0.15, 0.2) is 28.6 Å². The van der Waals surface area contributed by atoms with Crippen molar-refractivity contribution in [3.05, 3.63) is 39.3 Å². The molecule has 0 atom stereocenters. The van der Waals surface area contributed by atoms with E-state index in [1.54, 1.807) is 30.6 Å². The average molecular weight is 339 g/mol. The third-order valence-corrected chi connectivity index (χ3v) is 4.24. The molecule has 0 aliphatic rings. The Morgan fingerprint density at radius 3 is 2.95 bits per heavy atom. The number of benzene rings is 1. The Balaban J connectivity index is 1.81. The van der Waals surface area contributed by atoms with Gasteiger partial charge in [0.05, 0.1) is 17.1 Å². The number of hydrogen-bond donors (Lipinski definition) is 2. The lowest BCUT2D eigenvalue weighted by Gasteiger charge is -2.08. The van der Waals surface area contributed by atoms with E-state index in [4.69, 9.17) is 22.1 Å². The molecule has 22 heavy (non-hydrogen) atoms. The molecule has 2 aromatic rings. The topological polar surface area (TPSA) is 72.5 Å². The first-order valence-electron chi connectivity index (χ1n) is 6.90. The number of nitrogens with one attached hydrogen (secondary N) is 1. The Morgan fingerprint density at radius 2 is 2.32 bits per heavy atom. The summed E-state index contributed by atoms with van der Waals surface area (Å²) in [5, 5.41) is 6.74. The number of nitrogens with zero attached hydrogens (tertiary/aromatic N) is 2. The van der Waals surface area contributed by atoms with Gasteiger partial charge in [-0.1, -0.05) is 11.6 Å². The molecule has 0 aliphatic carbocycles. The first-order valence-corrected chi connectivity index (χ1v) is 8.15. The van der Waals surface area contributed by atoms with Crippen LogP contribution in [0.2, 0.25) is 5.02 Å². The highest BCUT2D eigenvalue weighted by atomic mass is 35.5. The van der Waals surface area contributed by atoms with Gasteiger partial charge in [-0.25, -0.2) is 4.98 Å². The quantitative estimate of drug-likeness (QED) is 0.480. The van der Waals surface area contributed by atoms with Gasteiger partial charge < -0.3 is 15.8 Å². The van der Waals surface area contributed by atoms with Crippen LogP contribution >= 0.6 is 22.9 Å². The minimum atomic E-state index is 0.372. The Morgan fingerprint density at radius 1 is 1.50 bits per heavy atom. The Kier molecular flexibility index (Phi) is 6.03. The number of ether oxygens (including phenoxy) is 1. The van der Waals surface area contributed by atoms with Crippen LogP contribution in [0.3, 0.4) is 0 Å². The molecule has 0 spiro atoms. The van der Waals surface area contributed by atoms with Gasteiger partial charge in [-0.05, 0) is 31.5 Å². The number of anilines is 1. The first-order chi connectivity index (χ1) is 10.6.